The number of aliphatic hydroxyl groups excluding tert-OH is 4. The highest BCUT2D eigenvalue weighted by atomic mass is 16.3. The van der Waals surface area contributed by atoms with Crippen LogP contribution in [0.5, 0.6) is 0 Å². The second-order valence-corrected chi connectivity index (χ2v) is 20.1. The highest BCUT2D eigenvalue weighted by Gasteiger charge is 2.33. The molecule has 1 saturated heterocycles. The number of carbonyl (C=O) groups is 2. The van der Waals surface area contributed by atoms with Crippen molar-refractivity contribution >= 4 is 11.8 Å². The van der Waals surface area contributed by atoms with Crippen LogP contribution in [0.25, 0.3) is 0 Å². The highest BCUT2D eigenvalue weighted by molar-refractivity contribution is 5.96. The topological polar surface area (TPSA) is 146 Å². The van der Waals surface area contributed by atoms with E-state index in [0.717, 1.165) is 70.8 Å². The van der Waals surface area contributed by atoms with Crippen molar-refractivity contribution in [1.29, 1.82) is 0 Å². The Labute approximate surface area is 428 Å². The van der Waals surface area contributed by atoms with Crippen LogP contribution in [0.15, 0.2) is 0 Å². The summed E-state index contributed by atoms with van der Waals surface area (Å²) in [5.74, 6) is 22.3. The molecule has 0 bridgehead atoms. The van der Waals surface area contributed by atoms with Gasteiger partial charge in [-0.1, -0.05) is 181 Å². The van der Waals surface area contributed by atoms with Gasteiger partial charge in [-0.3, -0.25) is 19.4 Å². The standard InChI is InChI=1S/C60H100N4O6/c1-5-9-13-17-21-25-29-33-41-53(65)49-63(50-54(66)42-34-30-26-22-18-14-10-6-2)47-39-37-45-57-59(69)62-58(60(70)61-57)46-38-40-48-64(51-55(67)43-35-31-27-23-19-15-11-7-3)52-56(68)44-36-32-28-24-20-16-12-8-4/h1,53-58,65-68H,6-8,10-12,14-16,18-20,22-24,26-28,30-32,34-40,42-52H2,2-4H3,(H,61,70)(H,62,69). The molecule has 1 aliphatic heterocycles. The molecule has 0 aromatic rings. The zero-order valence-electron chi connectivity index (χ0n) is 44.6. The molecule has 6 atom stereocenters. The number of hydrogen-bond donors (Lipinski definition) is 6. The van der Waals surface area contributed by atoms with Crippen LogP contribution in [0.3, 0.4) is 0 Å². The van der Waals surface area contributed by atoms with E-state index >= 15 is 0 Å². The monoisotopic (exact) mass is 973 g/mol. The fourth-order valence-electron chi connectivity index (χ4n) is 9.28. The van der Waals surface area contributed by atoms with Gasteiger partial charge in [0.15, 0.2) is 0 Å². The summed E-state index contributed by atoms with van der Waals surface area (Å²) >= 11 is 0. The highest BCUT2D eigenvalue weighted by Crippen LogP contribution is 2.17. The van der Waals surface area contributed by atoms with Crippen LogP contribution < -0.4 is 10.6 Å². The van der Waals surface area contributed by atoms with E-state index in [1.165, 1.54) is 116 Å². The Morgan fingerprint density at radius 3 is 1.10 bits per heavy atom. The van der Waals surface area contributed by atoms with Gasteiger partial charge >= 0.3 is 0 Å². The van der Waals surface area contributed by atoms with Gasteiger partial charge in [-0.15, -0.1) is 6.42 Å². The third-order valence-corrected chi connectivity index (χ3v) is 13.4. The van der Waals surface area contributed by atoms with Crippen LogP contribution >= 0.6 is 0 Å². The maximum atomic E-state index is 13.2. The predicted molar refractivity (Wildman–Crippen MR) is 290 cm³/mol. The smallest absolute Gasteiger partial charge is 0.243 e. The van der Waals surface area contributed by atoms with E-state index in [-0.39, 0.29) is 18.4 Å². The van der Waals surface area contributed by atoms with E-state index in [4.69, 9.17) is 6.42 Å². The summed E-state index contributed by atoms with van der Waals surface area (Å²) in [5, 5.41) is 49.7. The Kier molecular flexibility index (Phi) is 42.9. The van der Waals surface area contributed by atoms with Gasteiger partial charge in [-0.2, -0.15) is 0 Å². The van der Waals surface area contributed by atoms with E-state index in [9.17, 15) is 30.0 Å². The minimum absolute atomic E-state index is 0.162. The molecular weight excluding hydrogens is 873 g/mol. The number of terminal acetylenes is 1. The van der Waals surface area contributed by atoms with E-state index in [1.54, 1.807) is 0 Å². The van der Waals surface area contributed by atoms with Crippen LogP contribution in [0.2, 0.25) is 0 Å². The number of nitrogens with zero attached hydrogens (tertiary/aromatic N) is 2. The van der Waals surface area contributed by atoms with E-state index in [2.05, 4.69) is 89.6 Å². The number of piperazine rings is 1. The van der Waals surface area contributed by atoms with Gasteiger partial charge < -0.3 is 31.1 Å². The van der Waals surface area contributed by atoms with Crippen molar-refractivity contribution in [1.82, 2.24) is 20.4 Å². The van der Waals surface area contributed by atoms with Crippen molar-refractivity contribution in [2.24, 2.45) is 0 Å². The van der Waals surface area contributed by atoms with Crippen LogP contribution in [-0.2, 0) is 9.59 Å². The quantitative estimate of drug-likeness (QED) is 0.0262. The molecule has 0 aromatic heterocycles. The molecule has 2 amide bonds. The van der Waals surface area contributed by atoms with Crippen LogP contribution in [0, 0.1) is 59.7 Å². The molecule has 0 saturated carbocycles. The summed E-state index contributed by atoms with van der Waals surface area (Å²) < 4.78 is 0. The molecule has 70 heavy (non-hydrogen) atoms. The lowest BCUT2D eigenvalue weighted by Gasteiger charge is -2.31. The zero-order chi connectivity index (χ0) is 51.1. The van der Waals surface area contributed by atoms with Gasteiger partial charge in [-0.25, -0.2) is 0 Å². The van der Waals surface area contributed by atoms with Gasteiger partial charge in [0.2, 0.25) is 11.8 Å². The molecule has 0 spiro atoms. The summed E-state index contributed by atoms with van der Waals surface area (Å²) in [7, 11) is 0. The second kappa shape index (κ2) is 46.6. The van der Waals surface area contributed by atoms with Crippen molar-refractivity contribution in [2.45, 2.75) is 269 Å². The first-order valence-electron chi connectivity index (χ1n) is 28.4. The molecule has 6 unspecified atom stereocenters. The van der Waals surface area contributed by atoms with E-state index in [0.29, 0.717) is 58.3 Å². The first kappa shape index (κ1) is 64.5. The first-order chi connectivity index (χ1) is 34.1. The predicted octanol–water partition coefficient (Wildman–Crippen LogP) is 9.60. The Bertz CT molecular complexity index is 1590. The number of carbonyl (C=O) groups excluding carboxylic acids is 2. The Balaban J connectivity index is 2.67. The molecule has 1 fully saturated rings. The zero-order valence-corrected chi connectivity index (χ0v) is 44.6. The maximum Gasteiger partial charge on any atom is 0.243 e. The summed E-state index contributed by atoms with van der Waals surface area (Å²) in [4.78, 5) is 30.7. The van der Waals surface area contributed by atoms with E-state index in [1.807, 2.05) is 4.90 Å². The molecule has 1 rings (SSSR count). The number of rotatable bonds is 45. The number of hydrogen-bond acceptors (Lipinski definition) is 8. The van der Waals surface area contributed by atoms with Crippen molar-refractivity contribution in [3.63, 3.8) is 0 Å². The molecule has 10 nitrogen and oxygen atoms in total. The minimum atomic E-state index is -0.977. The van der Waals surface area contributed by atoms with Crippen molar-refractivity contribution in [2.75, 3.05) is 39.3 Å². The molecular formula is C60H100N4O6. The first-order valence-corrected chi connectivity index (χ1v) is 28.4. The van der Waals surface area contributed by atoms with Crippen molar-refractivity contribution in [3.8, 4) is 59.7 Å². The van der Waals surface area contributed by atoms with Gasteiger partial charge in [0.25, 0.3) is 0 Å². The molecule has 6 N–H and O–H groups in total. The van der Waals surface area contributed by atoms with Gasteiger partial charge in [0, 0.05) is 26.2 Å². The van der Waals surface area contributed by atoms with Crippen molar-refractivity contribution in [3.05, 3.63) is 0 Å². The fraction of sp³-hybridized carbons (Fsp3) is 0.800. The van der Waals surface area contributed by atoms with Crippen LogP contribution in [0.4, 0.5) is 0 Å². The summed E-state index contributed by atoms with van der Waals surface area (Å²) in [6, 6.07) is -1.20. The largest absolute Gasteiger partial charge is 0.392 e. The average Bonchev–Trinajstić information content (AvgIpc) is 3.33. The lowest BCUT2D eigenvalue weighted by atomic mass is 10.0. The van der Waals surface area contributed by atoms with Gasteiger partial charge in [0.1, 0.15) is 18.2 Å². The molecule has 0 radical (unpaired) electrons. The summed E-state index contributed by atoms with van der Waals surface area (Å²) in [6.45, 7) is 9.73. The average molecular weight is 973 g/mol. The van der Waals surface area contributed by atoms with Crippen LogP contribution in [0.1, 0.15) is 233 Å². The Hall–Kier alpha value is -3.50. The lowest BCUT2D eigenvalue weighted by molar-refractivity contribution is -0.137. The molecule has 396 valence electrons. The Morgan fingerprint density at radius 1 is 0.429 bits per heavy atom. The third-order valence-electron chi connectivity index (χ3n) is 13.4. The van der Waals surface area contributed by atoms with Gasteiger partial charge in [0.05, 0.1) is 18.3 Å². The minimum Gasteiger partial charge on any atom is -0.392 e. The Morgan fingerprint density at radius 2 is 0.743 bits per heavy atom. The van der Waals surface area contributed by atoms with Crippen LogP contribution in [-0.4, -0.2) is 118 Å². The molecule has 0 aliphatic carbocycles. The maximum absolute atomic E-state index is 13.2. The second-order valence-electron chi connectivity index (χ2n) is 20.1. The van der Waals surface area contributed by atoms with Gasteiger partial charge in [-0.05, 0) is 118 Å². The SMILES string of the molecule is C#CC#CC#CC#CC#CC(O)CN(CCCCC1NC(=O)C(CCCCN(CC(O)CCCCCCCCCC)CC(O)CCCCCCCCCC)NC1=O)CC(O)CCCCCCCCCC. The molecule has 0 aromatic carbocycles. The summed E-state index contributed by atoms with van der Waals surface area (Å²) in [6.07, 6.45) is 38.1. The number of unbranched alkanes of at least 4 members (excludes halogenated alkanes) is 23. The van der Waals surface area contributed by atoms with E-state index < -0.39 is 36.5 Å². The number of aliphatic hydroxyl groups is 4. The molecule has 1 heterocycles. The fourth-order valence-corrected chi connectivity index (χ4v) is 9.28. The summed E-state index contributed by atoms with van der Waals surface area (Å²) in [5.41, 5.74) is 0. The van der Waals surface area contributed by atoms with Crippen molar-refractivity contribution < 1.29 is 30.0 Å². The number of amides is 2. The lowest BCUT2D eigenvalue weighted by Crippen LogP contribution is -2.61. The third kappa shape index (κ3) is 38.2. The molecule has 1 aliphatic rings. The number of nitrogens with one attached hydrogen (secondary N) is 2. The molecule has 10 heteroatoms. The normalized spacial score (nSPS) is 16.0.